The fraction of sp³-hybridized carbons (Fsp3) is 0.143. The van der Waals surface area contributed by atoms with Gasteiger partial charge in [-0.1, -0.05) is 45.4 Å². The van der Waals surface area contributed by atoms with Gasteiger partial charge in [-0.05, 0) is 35.9 Å². The summed E-state index contributed by atoms with van der Waals surface area (Å²) in [4.78, 5) is 3.98. The van der Waals surface area contributed by atoms with E-state index in [0.717, 1.165) is 39.4 Å². The molecule has 0 fully saturated rings. The lowest BCUT2D eigenvalue weighted by Crippen LogP contribution is -2.17. The van der Waals surface area contributed by atoms with Crippen LogP contribution in [0.1, 0.15) is 17.3 Å². The van der Waals surface area contributed by atoms with Crippen molar-refractivity contribution in [2.24, 2.45) is 5.73 Å². The zero-order chi connectivity index (χ0) is 21.5. The van der Waals surface area contributed by atoms with Crippen molar-refractivity contribution in [3.05, 3.63) is 76.1 Å². The zero-order valence-corrected chi connectivity index (χ0v) is 18.2. The van der Waals surface area contributed by atoms with E-state index in [0.29, 0.717) is 11.3 Å². The second kappa shape index (κ2) is 7.90. The Bertz CT molecular complexity index is 1350. The third-order valence-corrected chi connectivity index (χ3v) is 6.22. The fourth-order valence-electron chi connectivity index (χ4n) is 3.27. The maximum Gasteiger partial charge on any atom is 0.192 e. The zero-order valence-electron chi connectivity index (χ0n) is 15.8. The second-order valence-corrected chi connectivity index (χ2v) is 9.80. The molecule has 0 amide bonds. The predicted octanol–water partition coefficient (Wildman–Crippen LogP) is 4.44. The normalized spacial score (nSPS) is 12.9. The van der Waals surface area contributed by atoms with E-state index in [9.17, 15) is 12.8 Å². The highest BCUT2D eigenvalue weighted by Gasteiger charge is 2.21. The van der Waals surface area contributed by atoms with Gasteiger partial charge >= 0.3 is 0 Å². The van der Waals surface area contributed by atoms with Crippen molar-refractivity contribution in [2.45, 2.75) is 17.5 Å². The third-order valence-electron chi connectivity index (χ3n) is 4.74. The molecule has 0 aliphatic carbocycles. The third kappa shape index (κ3) is 4.00. The number of nitrogens with two attached hydrogens (primary N) is 1. The van der Waals surface area contributed by atoms with Gasteiger partial charge in [0.2, 0.25) is 0 Å². The Morgan fingerprint density at radius 1 is 1.17 bits per heavy atom. The monoisotopic (exact) mass is 489 g/mol. The highest BCUT2D eigenvalue weighted by Crippen LogP contribution is 2.34. The molecule has 1 atom stereocenters. The summed E-state index contributed by atoms with van der Waals surface area (Å²) in [5.74, 6) is -0.605. The molecular weight excluding hydrogens is 473 g/mol. The Morgan fingerprint density at radius 2 is 1.93 bits per heavy atom. The summed E-state index contributed by atoms with van der Waals surface area (Å²) >= 11 is 3.41. The average molecular weight is 490 g/mol. The van der Waals surface area contributed by atoms with Gasteiger partial charge < -0.3 is 10.3 Å². The molecule has 0 bridgehead atoms. The molecule has 0 saturated carbocycles. The van der Waals surface area contributed by atoms with Gasteiger partial charge in [-0.25, -0.2) is 17.8 Å². The number of aromatic nitrogens is 2. The lowest BCUT2D eigenvalue weighted by atomic mass is 9.94. The Hall–Kier alpha value is -2.62. The molecule has 4 aromatic rings. The van der Waals surface area contributed by atoms with Crippen LogP contribution in [0.25, 0.3) is 22.2 Å². The smallest absolute Gasteiger partial charge is 0.192 e. The van der Waals surface area contributed by atoms with Gasteiger partial charge in [0.1, 0.15) is 11.5 Å². The van der Waals surface area contributed by atoms with Crippen LogP contribution in [0.4, 0.5) is 4.39 Å². The van der Waals surface area contributed by atoms with E-state index in [1.807, 2.05) is 42.5 Å². The van der Waals surface area contributed by atoms with E-state index in [1.54, 1.807) is 0 Å². The van der Waals surface area contributed by atoms with Crippen molar-refractivity contribution >= 4 is 36.7 Å². The first-order valence-corrected chi connectivity index (χ1v) is 11.7. The Labute approximate surface area is 181 Å². The van der Waals surface area contributed by atoms with Gasteiger partial charge in [-0.15, -0.1) is 0 Å². The summed E-state index contributed by atoms with van der Waals surface area (Å²) in [6.45, 7) is 0. The summed E-state index contributed by atoms with van der Waals surface area (Å²) in [5.41, 5.74) is 9.13. The maximum atomic E-state index is 14.3. The molecule has 2 N–H and O–H groups in total. The maximum absolute atomic E-state index is 14.3. The molecule has 0 radical (unpaired) electrons. The predicted molar refractivity (Wildman–Crippen MR) is 115 cm³/mol. The number of pyridine rings is 1. The van der Waals surface area contributed by atoms with Gasteiger partial charge in [0, 0.05) is 34.1 Å². The molecule has 30 heavy (non-hydrogen) atoms. The number of nitrogens with zero attached hydrogens (tertiary/aromatic N) is 2. The average Bonchev–Trinajstić information content (AvgIpc) is 3.11. The summed E-state index contributed by atoms with van der Waals surface area (Å²) < 4.78 is 44.2. The highest BCUT2D eigenvalue weighted by molar-refractivity contribution is 9.10. The molecule has 2 aromatic carbocycles. The number of fused-ring (bicyclic) bond motifs is 1. The molecule has 0 aliphatic heterocycles. The molecule has 6 nitrogen and oxygen atoms in total. The number of benzene rings is 2. The van der Waals surface area contributed by atoms with Crippen LogP contribution < -0.4 is 5.73 Å². The van der Waals surface area contributed by atoms with Crippen molar-refractivity contribution in [2.75, 3.05) is 6.26 Å². The van der Waals surface area contributed by atoms with Crippen molar-refractivity contribution in [1.29, 1.82) is 0 Å². The van der Waals surface area contributed by atoms with E-state index < -0.39 is 21.7 Å². The first kappa shape index (κ1) is 20.6. The van der Waals surface area contributed by atoms with E-state index in [1.165, 1.54) is 0 Å². The van der Waals surface area contributed by atoms with Crippen molar-refractivity contribution in [1.82, 2.24) is 10.1 Å². The summed E-state index contributed by atoms with van der Waals surface area (Å²) in [5, 5.41) is 4.83. The lowest BCUT2D eigenvalue weighted by molar-refractivity contribution is 0.459. The van der Waals surface area contributed by atoms with Gasteiger partial charge in [-0.2, -0.15) is 0 Å². The standard InChI is InChI=1S/C21H17BrFN3O3S/c1-30(27,28)20-9-8-16(23)18(25-20)11-17(24)13-4-2-3-5-14(13)21-15-7-6-12(22)10-19(15)29-26-21/h2-10,17H,11,24H2,1H3/t17-/m0/s1. The minimum absolute atomic E-state index is 0.00540. The highest BCUT2D eigenvalue weighted by atomic mass is 79.9. The molecule has 0 aliphatic rings. The summed E-state index contributed by atoms with van der Waals surface area (Å²) in [6, 6.07) is 14.6. The van der Waals surface area contributed by atoms with Crippen molar-refractivity contribution < 1.29 is 17.3 Å². The van der Waals surface area contributed by atoms with Crippen LogP contribution in [0, 0.1) is 5.82 Å². The quantitative estimate of drug-likeness (QED) is 0.444. The van der Waals surface area contributed by atoms with Crippen molar-refractivity contribution in [3.63, 3.8) is 0 Å². The molecule has 9 heteroatoms. The van der Waals surface area contributed by atoms with Crippen LogP contribution in [0.3, 0.4) is 0 Å². The Morgan fingerprint density at radius 3 is 2.70 bits per heavy atom. The number of sulfone groups is 1. The van der Waals surface area contributed by atoms with E-state index in [-0.39, 0.29) is 17.1 Å². The van der Waals surface area contributed by atoms with Gasteiger partial charge in [0.05, 0.1) is 5.69 Å². The summed E-state index contributed by atoms with van der Waals surface area (Å²) in [6.07, 6.45) is 1.05. The topological polar surface area (TPSA) is 99.1 Å². The van der Waals surface area contributed by atoms with Gasteiger partial charge in [0.15, 0.2) is 20.4 Å². The molecule has 0 spiro atoms. The number of rotatable bonds is 5. The minimum Gasteiger partial charge on any atom is -0.356 e. The van der Waals surface area contributed by atoms with Gasteiger partial charge in [-0.3, -0.25) is 0 Å². The number of hydrogen-bond donors (Lipinski definition) is 1. The van der Waals surface area contributed by atoms with E-state index in [4.69, 9.17) is 10.3 Å². The van der Waals surface area contributed by atoms with Crippen LogP contribution >= 0.6 is 15.9 Å². The lowest BCUT2D eigenvalue weighted by Gasteiger charge is -2.16. The molecular formula is C21H17BrFN3O3S. The first-order chi connectivity index (χ1) is 14.2. The minimum atomic E-state index is -3.56. The van der Waals surface area contributed by atoms with Crippen LogP contribution in [0.5, 0.6) is 0 Å². The molecule has 4 rings (SSSR count). The summed E-state index contributed by atoms with van der Waals surface area (Å²) in [7, 11) is -3.56. The van der Waals surface area contributed by atoms with Crippen LogP contribution in [-0.4, -0.2) is 24.8 Å². The Balaban J connectivity index is 1.74. The number of halogens is 2. The van der Waals surface area contributed by atoms with Crippen LogP contribution in [-0.2, 0) is 16.3 Å². The molecule has 0 saturated heterocycles. The molecule has 2 heterocycles. The van der Waals surface area contributed by atoms with Crippen LogP contribution in [0.2, 0.25) is 0 Å². The molecule has 154 valence electrons. The fourth-order valence-corrected chi connectivity index (χ4v) is 4.21. The van der Waals surface area contributed by atoms with Crippen LogP contribution in [0.15, 0.2) is 68.6 Å². The largest absolute Gasteiger partial charge is 0.356 e. The van der Waals surface area contributed by atoms with Gasteiger partial charge in [0.25, 0.3) is 0 Å². The number of hydrogen-bond acceptors (Lipinski definition) is 6. The van der Waals surface area contributed by atoms with E-state index >= 15 is 0 Å². The van der Waals surface area contributed by atoms with E-state index in [2.05, 4.69) is 26.1 Å². The second-order valence-electron chi connectivity index (χ2n) is 6.92. The first-order valence-electron chi connectivity index (χ1n) is 8.99. The molecule has 0 unspecified atom stereocenters. The van der Waals surface area contributed by atoms with Crippen molar-refractivity contribution in [3.8, 4) is 11.3 Å². The Kier molecular flexibility index (Phi) is 5.44. The molecule has 2 aromatic heterocycles. The SMILES string of the molecule is CS(=O)(=O)c1ccc(F)c(C[C@H](N)c2ccccc2-c2noc3cc(Br)ccc23)n1.